The summed E-state index contributed by atoms with van der Waals surface area (Å²) in [6.45, 7) is 1.88. The fraction of sp³-hybridized carbons (Fsp3) is 0.273. The zero-order valence-corrected chi connectivity index (χ0v) is 9.94. The first-order chi connectivity index (χ1) is 8.79. The fourth-order valence-electron chi connectivity index (χ4n) is 1.79. The molecule has 0 saturated carbocycles. The van der Waals surface area contributed by atoms with E-state index in [9.17, 15) is 0 Å². The number of nitrogens with zero attached hydrogens (tertiary/aromatic N) is 4. The van der Waals surface area contributed by atoms with Crippen molar-refractivity contribution in [2.75, 3.05) is 0 Å². The Balaban J connectivity index is 1.69. The van der Waals surface area contributed by atoms with Crippen LogP contribution in [0.3, 0.4) is 0 Å². The number of aryl methyl sites for hydroxylation is 1. The first kappa shape index (κ1) is 10.7. The van der Waals surface area contributed by atoms with Crippen LogP contribution in [0.4, 0.5) is 0 Å². The molecule has 0 saturated heterocycles. The van der Waals surface area contributed by atoms with E-state index in [1.165, 1.54) is 0 Å². The van der Waals surface area contributed by atoms with E-state index in [4.69, 9.17) is 0 Å². The van der Waals surface area contributed by atoms with Crippen LogP contribution in [-0.2, 0) is 12.8 Å². The number of nitrogens with one attached hydrogen (secondary N) is 3. The summed E-state index contributed by atoms with van der Waals surface area (Å²) in [6.07, 6.45) is 6.78. The third kappa shape index (κ3) is 2.29. The molecule has 3 heterocycles. The molecule has 0 amide bonds. The second-order valence-electron chi connectivity index (χ2n) is 4.11. The van der Waals surface area contributed by atoms with Gasteiger partial charge in [-0.15, -0.1) is 10.2 Å². The number of aromatic amines is 3. The smallest absolute Gasteiger partial charge is 0.137 e. The van der Waals surface area contributed by atoms with E-state index in [2.05, 4.69) is 35.1 Å². The molecule has 0 unspecified atom stereocenters. The average molecular weight is 243 g/mol. The van der Waals surface area contributed by atoms with Gasteiger partial charge in [-0.05, 0) is 6.92 Å². The lowest BCUT2D eigenvalue weighted by Gasteiger charge is -1.91. The third-order valence-electron chi connectivity index (χ3n) is 2.58. The minimum atomic E-state index is 0.626. The van der Waals surface area contributed by atoms with Crippen molar-refractivity contribution in [2.24, 2.45) is 0 Å². The van der Waals surface area contributed by atoms with Crippen LogP contribution >= 0.6 is 0 Å². The van der Waals surface area contributed by atoms with Crippen LogP contribution in [0.1, 0.15) is 28.9 Å². The van der Waals surface area contributed by atoms with Gasteiger partial charge in [0, 0.05) is 18.8 Å². The third-order valence-corrected chi connectivity index (χ3v) is 2.58. The first-order valence-electron chi connectivity index (χ1n) is 5.68. The monoisotopic (exact) mass is 243 g/mol. The Kier molecular flexibility index (Phi) is 2.64. The van der Waals surface area contributed by atoms with E-state index in [0.29, 0.717) is 6.42 Å². The summed E-state index contributed by atoms with van der Waals surface area (Å²) in [6, 6.07) is 0. The molecule has 0 bridgehead atoms. The van der Waals surface area contributed by atoms with Crippen molar-refractivity contribution in [1.82, 2.24) is 35.1 Å². The van der Waals surface area contributed by atoms with Crippen LogP contribution in [-0.4, -0.2) is 35.1 Å². The molecule has 0 aliphatic carbocycles. The lowest BCUT2D eigenvalue weighted by Crippen LogP contribution is -1.94. The first-order valence-corrected chi connectivity index (χ1v) is 5.68. The molecule has 92 valence electrons. The SMILES string of the molecule is Cc1nnc(Cc2nc(Cc3c[nH]cn3)c[nH]2)[nH]1. The molecule has 7 nitrogen and oxygen atoms in total. The molecule has 3 rings (SSSR count). The average Bonchev–Trinajstić information content (AvgIpc) is 3.04. The van der Waals surface area contributed by atoms with Crippen LogP contribution in [0.25, 0.3) is 0 Å². The molecule has 0 atom stereocenters. The van der Waals surface area contributed by atoms with E-state index < -0.39 is 0 Å². The zero-order valence-electron chi connectivity index (χ0n) is 9.94. The molecule has 0 fully saturated rings. The van der Waals surface area contributed by atoms with Crippen molar-refractivity contribution in [1.29, 1.82) is 0 Å². The van der Waals surface area contributed by atoms with Gasteiger partial charge in [-0.1, -0.05) is 0 Å². The Labute approximate surface area is 103 Å². The molecule has 3 aromatic heterocycles. The molecule has 7 heteroatoms. The number of H-pyrrole nitrogens is 3. The molecule has 0 aliphatic heterocycles. The molecular weight excluding hydrogens is 230 g/mol. The normalized spacial score (nSPS) is 10.9. The fourth-order valence-corrected chi connectivity index (χ4v) is 1.79. The van der Waals surface area contributed by atoms with E-state index in [-0.39, 0.29) is 0 Å². The highest BCUT2D eigenvalue weighted by atomic mass is 15.2. The minimum absolute atomic E-state index is 0.626. The maximum Gasteiger partial charge on any atom is 0.137 e. The summed E-state index contributed by atoms with van der Waals surface area (Å²) >= 11 is 0. The lowest BCUT2D eigenvalue weighted by molar-refractivity contribution is 0.910. The molecule has 3 aromatic rings. The quantitative estimate of drug-likeness (QED) is 0.629. The number of hydrogen-bond donors (Lipinski definition) is 3. The minimum Gasteiger partial charge on any atom is -0.351 e. The van der Waals surface area contributed by atoms with Gasteiger partial charge in [0.25, 0.3) is 0 Å². The highest BCUT2D eigenvalue weighted by Gasteiger charge is 2.06. The van der Waals surface area contributed by atoms with Gasteiger partial charge in [0.15, 0.2) is 0 Å². The standard InChI is InChI=1S/C11H13N7/c1-7-15-11(18-17-7)3-10-13-5-9(16-10)2-8-4-12-6-14-8/h4-6H,2-3H2,1H3,(H,12,14)(H,13,16)(H,15,17,18). The summed E-state index contributed by atoms with van der Waals surface area (Å²) in [5.41, 5.74) is 1.94. The molecule has 0 spiro atoms. The Bertz CT molecular complexity index is 619. The van der Waals surface area contributed by atoms with Gasteiger partial charge in [-0.25, -0.2) is 9.97 Å². The molecular formula is C11H13N7. The molecule has 0 aliphatic rings. The zero-order chi connectivity index (χ0) is 12.4. The van der Waals surface area contributed by atoms with Crippen molar-refractivity contribution < 1.29 is 0 Å². The number of hydrogen-bond acceptors (Lipinski definition) is 4. The van der Waals surface area contributed by atoms with E-state index in [0.717, 1.165) is 35.3 Å². The summed E-state index contributed by atoms with van der Waals surface area (Å²) in [4.78, 5) is 17.8. The molecule has 0 radical (unpaired) electrons. The predicted octanol–water partition coefficient (Wildman–Crippen LogP) is 0.741. The van der Waals surface area contributed by atoms with Crippen molar-refractivity contribution in [2.45, 2.75) is 19.8 Å². The van der Waals surface area contributed by atoms with Crippen molar-refractivity contribution in [3.05, 3.63) is 47.6 Å². The van der Waals surface area contributed by atoms with Crippen molar-refractivity contribution in [3.8, 4) is 0 Å². The van der Waals surface area contributed by atoms with Gasteiger partial charge in [0.2, 0.25) is 0 Å². The topological polar surface area (TPSA) is 98.9 Å². The van der Waals surface area contributed by atoms with Crippen LogP contribution in [0.15, 0.2) is 18.7 Å². The molecule has 18 heavy (non-hydrogen) atoms. The predicted molar refractivity (Wildman–Crippen MR) is 63.9 cm³/mol. The summed E-state index contributed by atoms with van der Waals surface area (Å²) in [5.74, 6) is 2.50. The van der Waals surface area contributed by atoms with Crippen molar-refractivity contribution in [3.63, 3.8) is 0 Å². The Morgan fingerprint density at radius 3 is 2.72 bits per heavy atom. The Morgan fingerprint density at radius 1 is 1.06 bits per heavy atom. The van der Waals surface area contributed by atoms with Gasteiger partial charge in [-0.2, -0.15) is 0 Å². The second kappa shape index (κ2) is 4.44. The number of imidazole rings is 2. The largest absolute Gasteiger partial charge is 0.351 e. The van der Waals surface area contributed by atoms with Crippen LogP contribution < -0.4 is 0 Å². The molecule has 0 aromatic carbocycles. The Hall–Kier alpha value is -2.44. The maximum absolute atomic E-state index is 4.49. The van der Waals surface area contributed by atoms with Gasteiger partial charge in [0.1, 0.15) is 17.5 Å². The second-order valence-corrected chi connectivity index (χ2v) is 4.11. The van der Waals surface area contributed by atoms with Gasteiger partial charge in [0.05, 0.1) is 24.1 Å². The lowest BCUT2D eigenvalue weighted by atomic mass is 10.3. The van der Waals surface area contributed by atoms with Crippen LogP contribution in [0.5, 0.6) is 0 Å². The van der Waals surface area contributed by atoms with Gasteiger partial charge >= 0.3 is 0 Å². The van der Waals surface area contributed by atoms with Crippen LogP contribution in [0.2, 0.25) is 0 Å². The molecule has 3 N–H and O–H groups in total. The van der Waals surface area contributed by atoms with Crippen LogP contribution in [0, 0.1) is 6.92 Å². The number of rotatable bonds is 4. The van der Waals surface area contributed by atoms with Gasteiger partial charge in [-0.3, -0.25) is 0 Å². The highest BCUT2D eigenvalue weighted by Crippen LogP contribution is 2.06. The summed E-state index contributed by atoms with van der Waals surface area (Å²) < 4.78 is 0. The van der Waals surface area contributed by atoms with Gasteiger partial charge < -0.3 is 15.0 Å². The summed E-state index contributed by atoms with van der Waals surface area (Å²) in [7, 11) is 0. The van der Waals surface area contributed by atoms with E-state index in [1.807, 2.05) is 19.3 Å². The van der Waals surface area contributed by atoms with E-state index >= 15 is 0 Å². The Morgan fingerprint density at radius 2 is 2.00 bits per heavy atom. The summed E-state index contributed by atoms with van der Waals surface area (Å²) in [5, 5.41) is 7.93. The van der Waals surface area contributed by atoms with E-state index in [1.54, 1.807) is 6.33 Å². The maximum atomic E-state index is 4.49. The highest BCUT2D eigenvalue weighted by molar-refractivity contribution is 5.12. The van der Waals surface area contributed by atoms with Crippen molar-refractivity contribution >= 4 is 0 Å². The number of aromatic nitrogens is 7.